The average Bonchev–Trinajstić information content (AvgIpc) is 2.86. The van der Waals surface area contributed by atoms with Gasteiger partial charge in [-0.1, -0.05) is 31.1 Å². The Morgan fingerprint density at radius 2 is 2.13 bits per heavy atom. The second kappa shape index (κ2) is 4.89. The third-order valence-electron chi connectivity index (χ3n) is 6.91. The van der Waals surface area contributed by atoms with Crippen molar-refractivity contribution in [3.8, 4) is 18.1 Å². The molecule has 0 unspecified atom stereocenters. The molecule has 5 atom stereocenters. The molecule has 1 aromatic rings. The van der Waals surface area contributed by atoms with Gasteiger partial charge < -0.3 is 9.84 Å². The summed E-state index contributed by atoms with van der Waals surface area (Å²) in [5.74, 6) is 5.13. The minimum Gasteiger partial charge on any atom is -0.497 e. The predicted molar refractivity (Wildman–Crippen MR) is 92.1 cm³/mol. The van der Waals surface area contributed by atoms with E-state index in [0.29, 0.717) is 17.8 Å². The average molecular weight is 308 g/mol. The molecular weight excluding hydrogens is 284 g/mol. The van der Waals surface area contributed by atoms with E-state index in [0.717, 1.165) is 31.4 Å². The molecule has 0 saturated heterocycles. The zero-order valence-electron chi connectivity index (χ0n) is 13.9. The Morgan fingerprint density at radius 3 is 2.87 bits per heavy atom. The van der Waals surface area contributed by atoms with Gasteiger partial charge in [0.1, 0.15) is 11.4 Å². The van der Waals surface area contributed by atoms with E-state index in [1.807, 2.05) is 0 Å². The van der Waals surface area contributed by atoms with Gasteiger partial charge in [-0.25, -0.2) is 0 Å². The minimum absolute atomic E-state index is 0.156. The van der Waals surface area contributed by atoms with Crippen LogP contribution in [0.2, 0.25) is 0 Å². The number of terminal acetylenes is 1. The van der Waals surface area contributed by atoms with Crippen molar-refractivity contribution < 1.29 is 9.84 Å². The molecule has 4 rings (SSSR count). The summed E-state index contributed by atoms with van der Waals surface area (Å²) in [7, 11) is 1.71. The van der Waals surface area contributed by atoms with E-state index in [1.165, 1.54) is 11.1 Å². The van der Waals surface area contributed by atoms with Crippen LogP contribution in [-0.4, -0.2) is 17.8 Å². The first kappa shape index (κ1) is 14.8. The number of benzene rings is 1. The molecule has 2 saturated carbocycles. The first-order valence-electron chi connectivity index (χ1n) is 8.59. The Hall–Kier alpha value is -1.72. The van der Waals surface area contributed by atoms with Crippen LogP contribution in [0.4, 0.5) is 0 Å². The lowest BCUT2D eigenvalue weighted by Crippen LogP contribution is -2.49. The summed E-state index contributed by atoms with van der Waals surface area (Å²) < 4.78 is 5.35. The van der Waals surface area contributed by atoms with E-state index in [4.69, 9.17) is 11.2 Å². The number of fused-ring (bicyclic) bond motifs is 5. The molecular formula is C21H24O2. The van der Waals surface area contributed by atoms with E-state index in [2.05, 4.69) is 43.2 Å². The van der Waals surface area contributed by atoms with Gasteiger partial charge in [-0.05, 0) is 66.7 Å². The molecule has 1 N–H and O–H groups in total. The summed E-state index contributed by atoms with van der Waals surface area (Å²) in [6, 6.07) is 6.41. The quantitative estimate of drug-likeness (QED) is 0.795. The number of rotatable bonds is 1. The summed E-state index contributed by atoms with van der Waals surface area (Å²) in [4.78, 5) is 0. The fourth-order valence-electron chi connectivity index (χ4n) is 5.46. The normalized spacial score (nSPS) is 40.7. The fraction of sp³-hybridized carbons (Fsp3) is 0.524. The molecule has 23 heavy (non-hydrogen) atoms. The lowest BCUT2D eigenvalue weighted by atomic mass is 9.54. The van der Waals surface area contributed by atoms with Gasteiger partial charge in [-0.15, -0.1) is 6.42 Å². The fourth-order valence-corrected chi connectivity index (χ4v) is 5.46. The van der Waals surface area contributed by atoms with Crippen LogP contribution in [0.3, 0.4) is 0 Å². The van der Waals surface area contributed by atoms with E-state index in [9.17, 15) is 5.11 Å². The Bertz CT molecular complexity index is 713. The molecule has 0 bridgehead atoms. The molecule has 0 amide bonds. The van der Waals surface area contributed by atoms with Crippen LogP contribution in [-0.2, 0) is 0 Å². The molecule has 3 aliphatic rings. The second-order valence-corrected chi connectivity index (χ2v) is 7.64. The van der Waals surface area contributed by atoms with Crippen molar-refractivity contribution in [1.29, 1.82) is 0 Å². The van der Waals surface area contributed by atoms with Crippen LogP contribution < -0.4 is 4.74 Å². The van der Waals surface area contributed by atoms with Gasteiger partial charge in [0.05, 0.1) is 7.11 Å². The highest BCUT2D eigenvalue weighted by Crippen LogP contribution is 2.63. The van der Waals surface area contributed by atoms with Crippen LogP contribution in [0.25, 0.3) is 6.08 Å². The van der Waals surface area contributed by atoms with Gasteiger partial charge in [-0.2, -0.15) is 0 Å². The number of allylic oxidation sites excluding steroid dienone is 1. The first-order valence-corrected chi connectivity index (χ1v) is 8.59. The molecule has 2 fully saturated rings. The van der Waals surface area contributed by atoms with Crippen molar-refractivity contribution >= 4 is 6.08 Å². The monoisotopic (exact) mass is 308 g/mol. The number of ether oxygens (including phenoxy) is 1. The number of hydrogen-bond donors (Lipinski definition) is 1. The minimum atomic E-state index is -0.934. The van der Waals surface area contributed by atoms with E-state index in [1.54, 1.807) is 7.11 Å². The largest absolute Gasteiger partial charge is 0.497 e. The summed E-state index contributed by atoms with van der Waals surface area (Å²) >= 11 is 0. The zero-order valence-corrected chi connectivity index (χ0v) is 13.9. The van der Waals surface area contributed by atoms with E-state index >= 15 is 0 Å². The third kappa shape index (κ3) is 1.86. The number of methoxy groups -OCH3 is 1. The van der Waals surface area contributed by atoms with Crippen LogP contribution in [0, 0.1) is 29.6 Å². The maximum absolute atomic E-state index is 10.9. The van der Waals surface area contributed by atoms with E-state index in [-0.39, 0.29) is 5.41 Å². The Labute approximate surface area is 138 Å². The molecule has 1 aromatic carbocycles. The molecule has 2 nitrogen and oxygen atoms in total. The molecule has 0 aliphatic heterocycles. The lowest BCUT2D eigenvalue weighted by Gasteiger charge is -2.50. The number of aliphatic hydroxyl groups is 1. The smallest absolute Gasteiger partial charge is 0.130 e. The molecule has 2 heteroatoms. The van der Waals surface area contributed by atoms with E-state index < -0.39 is 5.60 Å². The third-order valence-corrected chi connectivity index (χ3v) is 6.91. The van der Waals surface area contributed by atoms with Crippen molar-refractivity contribution in [1.82, 2.24) is 0 Å². The van der Waals surface area contributed by atoms with Crippen molar-refractivity contribution in [2.45, 2.75) is 44.1 Å². The van der Waals surface area contributed by atoms with Crippen LogP contribution in [0.1, 0.15) is 49.7 Å². The summed E-state index contributed by atoms with van der Waals surface area (Å²) in [5, 5.41) is 10.9. The second-order valence-electron chi connectivity index (χ2n) is 7.64. The van der Waals surface area contributed by atoms with Gasteiger partial charge in [0.2, 0.25) is 0 Å². The van der Waals surface area contributed by atoms with Gasteiger partial charge >= 0.3 is 0 Å². The van der Waals surface area contributed by atoms with Crippen molar-refractivity contribution in [3.05, 3.63) is 35.4 Å². The van der Waals surface area contributed by atoms with Gasteiger partial charge in [0.15, 0.2) is 0 Å². The molecule has 120 valence electrons. The van der Waals surface area contributed by atoms with Crippen molar-refractivity contribution in [2.75, 3.05) is 7.11 Å². The topological polar surface area (TPSA) is 29.5 Å². The van der Waals surface area contributed by atoms with Gasteiger partial charge in [0.25, 0.3) is 0 Å². The molecule has 0 radical (unpaired) electrons. The Morgan fingerprint density at radius 1 is 1.30 bits per heavy atom. The molecule has 3 aliphatic carbocycles. The molecule has 0 heterocycles. The Balaban J connectivity index is 1.73. The van der Waals surface area contributed by atoms with Crippen molar-refractivity contribution in [3.63, 3.8) is 0 Å². The summed E-state index contributed by atoms with van der Waals surface area (Å²) in [6.07, 6.45) is 14.1. The number of hydrogen-bond acceptors (Lipinski definition) is 2. The maximum Gasteiger partial charge on any atom is 0.130 e. The van der Waals surface area contributed by atoms with Gasteiger partial charge in [0, 0.05) is 5.41 Å². The standard InChI is InChI=1S/C21H24O2/c1-4-21(22)12-10-19-18-7-5-14-13-15(23-3)6-8-16(14)17(18)9-11-20(19,21)2/h1,5-8,13,17-19,22H,9-12H2,2-3H3/t17-,18-,19+,20+,21+/m1/s1. The molecule has 0 aromatic heterocycles. The van der Waals surface area contributed by atoms with Gasteiger partial charge in [-0.3, -0.25) is 0 Å². The maximum atomic E-state index is 10.9. The highest BCUT2D eigenvalue weighted by atomic mass is 16.5. The summed E-state index contributed by atoms with van der Waals surface area (Å²) in [5.41, 5.74) is 1.62. The SMILES string of the molecule is C#C[C@]1(O)CC[C@H]2[C@@H]3C=Cc4cc(OC)ccc4[C@H]3CC[C@@]21C. The van der Waals surface area contributed by atoms with Crippen LogP contribution >= 0.6 is 0 Å². The Kier molecular flexibility index (Phi) is 3.15. The predicted octanol–water partition coefficient (Wildman–Crippen LogP) is 4.00. The highest BCUT2D eigenvalue weighted by molar-refractivity contribution is 5.61. The first-order chi connectivity index (χ1) is 11.0. The van der Waals surface area contributed by atoms with Crippen LogP contribution in [0.5, 0.6) is 5.75 Å². The lowest BCUT2D eigenvalue weighted by molar-refractivity contribution is -0.0547. The van der Waals surface area contributed by atoms with Crippen LogP contribution in [0.15, 0.2) is 24.3 Å². The van der Waals surface area contributed by atoms with Crippen molar-refractivity contribution in [2.24, 2.45) is 17.3 Å². The molecule has 0 spiro atoms. The highest BCUT2D eigenvalue weighted by Gasteiger charge is 2.60. The zero-order chi connectivity index (χ0) is 16.2. The summed E-state index contributed by atoms with van der Waals surface area (Å²) in [6.45, 7) is 2.21.